The number of benzene rings is 1. The first-order valence-corrected chi connectivity index (χ1v) is 9.79. The third-order valence-corrected chi connectivity index (χ3v) is 5.57. The molecular weight excluding hydrogens is 398 g/mol. The molecule has 1 heterocycles. The maximum absolute atomic E-state index is 14.2. The predicted molar refractivity (Wildman–Crippen MR) is 98.0 cm³/mol. The molecule has 0 radical (unpaired) electrons. The Labute approximate surface area is 165 Å². The van der Waals surface area contributed by atoms with Gasteiger partial charge in [-0.05, 0) is 30.9 Å². The smallest absolute Gasteiger partial charge is 0.278 e. The van der Waals surface area contributed by atoms with Gasteiger partial charge in [-0.1, -0.05) is 43.4 Å². The minimum absolute atomic E-state index is 0.0320. The molecule has 0 N–H and O–H groups in total. The van der Waals surface area contributed by atoms with Crippen molar-refractivity contribution in [2.24, 2.45) is 5.92 Å². The van der Waals surface area contributed by atoms with Crippen LogP contribution >= 0.6 is 11.6 Å². The van der Waals surface area contributed by atoms with Gasteiger partial charge in [-0.25, -0.2) is 22.4 Å². The molecule has 1 aromatic carbocycles. The molecule has 0 saturated heterocycles. The molecule has 1 aliphatic rings. The van der Waals surface area contributed by atoms with Crippen molar-refractivity contribution in [3.63, 3.8) is 0 Å². The van der Waals surface area contributed by atoms with Gasteiger partial charge in [0.15, 0.2) is 0 Å². The summed E-state index contributed by atoms with van der Waals surface area (Å²) >= 11 is 6.05. The van der Waals surface area contributed by atoms with Crippen LogP contribution in [0.1, 0.15) is 56.2 Å². The molecule has 1 saturated carbocycles. The Morgan fingerprint density at radius 3 is 2.43 bits per heavy atom. The first-order chi connectivity index (χ1) is 13.4. The molecule has 1 atom stereocenters. The van der Waals surface area contributed by atoms with Crippen molar-refractivity contribution in [3.8, 4) is 0 Å². The molecule has 1 unspecified atom stereocenters. The zero-order valence-electron chi connectivity index (χ0n) is 15.3. The van der Waals surface area contributed by atoms with Crippen molar-refractivity contribution in [2.45, 2.75) is 64.2 Å². The topological polar surface area (TPSA) is 39.8 Å². The fourth-order valence-corrected chi connectivity index (χ4v) is 3.93. The van der Waals surface area contributed by atoms with E-state index < -0.39 is 24.2 Å². The lowest BCUT2D eigenvalue weighted by molar-refractivity contribution is -0.00192. The van der Waals surface area contributed by atoms with E-state index in [0.717, 1.165) is 38.5 Å². The number of hydrogen-bond acceptors (Lipinski definition) is 2. The average Bonchev–Trinajstić information content (AvgIpc) is 2.82. The van der Waals surface area contributed by atoms with Crippen LogP contribution in [0.15, 0.2) is 23.0 Å². The summed E-state index contributed by atoms with van der Waals surface area (Å²) < 4.78 is 55.1. The third-order valence-electron chi connectivity index (χ3n) is 5.22. The minimum atomic E-state index is -3.39. The summed E-state index contributed by atoms with van der Waals surface area (Å²) in [5.41, 5.74) is -0.851. The summed E-state index contributed by atoms with van der Waals surface area (Å²) in [7, 11) is 0. The van der Waals surface area contributed by atoms with E-state index in [9.17, 15) is 22.4 Å². The SMILES string of the molecule is O=c1n(C(F)C(F)F)nc(Cc2c(F)cccc2Cl)n1CC1CCCCCC1. The Hall–Kier alpha value is -1.83. The highest BCUT2D eigenvalue weighted by atomic mass is 35.5. The monoisotopic (exact) mass is 419 g/mol. The molecule has 28 heavy (non-hydrogen) atoms. The van der Waals surface area contributed by atoms with Crippen LogP contribution < -0.4 is 5.69 Å². The van der Waals surface area contributed by atoms with Gasteiger partial charge in [-0.15, -0.1) is 0 Å². The van der Waals surface area contributed by atoms with Crippen molar-refractivity contribution in [1.29, 1.82) is 0 Å². The van der Waals surface area contributed by atoms with E-state index in [1.165, 1.54) is 22.8 Å². The molecule has 1 aliphatic carbocycles. The lowest BCUT2D eigenvalue weighted by Gasteiger charge is -2.15. The normalized spacial score (nSPS) is 17.1. The average molecular weight is 420 g/mol. The highest BCUT2D eigenvalue weighted by molar-refractivity contribution is 6.31. The van der Waals surface area contributed by atoms with Gasteiger partial charge >= 0.3 is 5.69 Å². The van der Waals surface area contributed by atoms with Gasteiger partial charge < -0.3 is 0 Å². The molecule has 4 nitrogen and oxygen atoms in total. The Bertz CT molecular complexity index is 839. The standard InChI is InChI=1S/C19H22ClF4N3O/c20-14-8-5-9-15(21)13(14)10-16-25-27(18(24)17(22)23)19(28)26(16)11-12-6-3-1-2-4-7-12/h5,8-9,12,17-18H,1-4,6-7,10-11H2. The molecule has 0 amide bonds. The van der Waals surface area contributed by atoms with Crippen LogP contribution in [0.2, 0.25) is 5.02 Å². The maximum atomic E-state index is 14.2. The van der Waals surface area contributed by atoms with Gasteiger partial charge in [0.2, 0.25) is 0 Å². The second kappa shape index (κ2) is 9.11. The van der Waals surface area contributed by atoms with Crippen molar-refractivity contribution < 1.29 is 17.6 Å². The molecule has 9 heteroatoms. The van der Waals surface area contributed by atoms with Crippen LogP contribution in [-0.4, -0.2) is 20.8 Å². The molecule has 3 rings (SSSR count). The van der Waals surface area contributed by atoms with Crippen LogP contribution in [0.5, 0.6) is 0 Å². The lowest BCUT2D eigenvalue weighted by atomic mass is 10.0. The Morgan fingerprint density at radius 2 is 1.82 bits per heavy atom. The number of aromatic nitrogens is 3. The summed E-state index contributed by atoms with van der Waals surface area (Å²) in [5.74, 6) is -0.400. The van der Waals surface area contributed by atoms with E-state index in [0.29, 0.717) is 0 Å². The molecule has 1 aromatic heterocycles. The highest BCUT2D eigenvalue weighted by Crippen LogP contribution is 2.26. The summed E-state index contributed by atoms with van der Waals surface area (Å²) in [6.45, 7) is 0.246. The molecule has 0 aliphatic heterocycles. The Morgan fingerprint density at radius 1 is 1.14 bits per heavy atom. The van der Waals surface area contributed by atoms with E-state index in [4.69, 9.17) is 11.6 Å². The van der Waals surface area contributed by atoms with Crippen molar-refractivity contribution in [2.75, 3.05) is 0 Å². The van der Waals surface area contributed by atoms with Gasteiger partial charge in [-0.3, -0.25) is 4.57 Å². The molecule has 1 fully saturated rings. The van der Waals surface area contributed by atoms with Crippen LogP contribution in [0.25, 0.3) is 0 Å². The first kappa shape index (κ1) is 20.9. The second-order valence-electron chi connectivity index (χ2n) is 7.20. The number of halogens is 5. The predicted octanol–water partition coefficient (Wildman–Crippen LogP) is 5.13. The number of nitrogens with zero attached hydrogens (tertiary/aromatic N) is 3. The summed E-state index contributed by atoms with van der Waals surface area (Å²) in [6, 6.07) is 4.14. The third kappa shape index (κ3) is 4.59. The van der Waals surface area contributed by atoms with Gasteiger partial charge in [0.1, 0.15) is 11.6 Å². The van der Waals surface area contributed by atoms with Crippen molar-refractivity contribution >= 4 is 11.6 Å². The van der Waals surface area contributed by atoms with Gasteiger partial charge in [-0.2, -0.15) is 9.78 Å². The van der Waals surface area contributed by atoms with Gasteiger partial charge in [0.05, 0.1) is 0 Å². The zero-order valence-corrected chi connectivity index (χ0v) is 16.0. The Kier molecular flexibility index (Phi) is 6.80. The van der Waals surface area contributed by atoms with Crippen molar-refractivity contribution in [3.05, 3.63) is 50.9 Å². The van der Waals surface area contributed by atoms with E-state index in [2.05, 4.69) is 5.10 Å². The zero-order chi connectivity index (χ0) is 20.3. The summed E-state index contributed by atoms with van der Waals surface area (Å²) in [6.07, 6.45) is -0.370. The Balaban J connectivity index is 1.98. The summed E-state index contributed by atoms with van der Waals surface area (Å²) in [4.78, 5) is 12.6. The van der Waals surface area contributed by atoms with E-state index in [1.807, 2.05) is 0 Å². The summed E-state index contributed by atoms with van der Waals surface area (Å²) in [5, 5.41) is 3.92. The second-order valence-corrected chi connectivity index (χ2v) is 7.60. The van der Waals surface area contributed by atoms with Crippen LogP contribution in [0, 0.1) is 11.7 Å². The lowest BCUT2D eigenvalue weighted by Crippen LogP contribution is -2.31. The van der Waals surface area contributed by atoms with Crippen LogP contribution in [0.3, 0.4) is 0 Å². The number of rotatable bonds is 6. The van der Waals surface area contributed by atoms with E-state index >= 15 is 0 Å². The quantitative estimate of drug-likeness (QED) is 0.481. The fraction of sp³-hybridized carbons (Fsp3) is 0.579. The molecule has 154 valence electrons. The number of hydrogen-bond donors (Lipinski definition) is 0. The van der Waals surface area contributed by atoms with E-state index in [-0.39, 0.29) is 40.0 Å². The maximum Gasteiger partial charge on any atom is 0.348 e. The molecule has 0 spiro atoms. The highest BCUT2D eigenvalue weighted by Gasteiger charge is 2.28. The van der Waals surface area contributed by atoms with Crippen molar-refractivity contribution in [1.82, 2.24) is 14.3 Å². The fourth-order valence-electron chi connectivity index (χ4n) is 3.70. The van der Waals surface area contributed by atoms with E-state index in [1.54, 1.807) is 0 Å². The largest absolute Gasteiger partial charge is 0.348 e. The molecule has 2 aromatic rings. The minimum Gasteiger partial charge on any atom is -0.278 e. The van der Waals surface area contributed by atoms with Crippen LogP contribution in [-0.2, 0) is 13.0 Å². The molecular formula is C19H22ClF4N3O. The van der Waals surface area contributed by atoms with Gasteiger partial charge in [0, 0.05) is 23.6 Å². The van der Waals surface area contributed by atoms with Crippen LogP contribution in [0.4, 0.5) is 17.6 Å². The number of alkyl halides is 3. The van der Waals surface area contributed by atoms with Gasteiger partial charge in [0.25, 0.3) is 12.7 Å². The first-order valence-electron chi connectivity index (χ1n) is 9.41. The molecule has 0 bridgehead atoms.